The Morgan fingerprint density at radius 3 is 2.74 bits per heavy atom. The number of carbonyl (C=O) groups excluding carboxylic acids is 1. The molecule has 7 heteroatoms. The summed E-state index contributed by atoms with van der Waals surface area (Å²) in [4.78, 5) is 33.4. The summed E-state index contributed by atoms with van der Waals surface area (Å²) in [5.41, 5.74) is -0.114. The number of nitrogens with zero attached hydrogens (tertiary/aromatic N) is 2. The number of H-pyrrole nitrogens is 1. The number of rotatable bonds is 4. The van der Waals surface area contributed by atoms with Gasteiger partial charge >= 0.3 is 5.97 Å². The number of imidazole rings is 1. The number of amides is 1. The molecule has 0 aliphatic carbocycles. The smallest absolute Gasteiger partial charge is 0.354 e. The number of carbonyl (C=O) groups is 2. The van der Waals surface area contributed by atoms with E-state index in [9.17, 15) is 9.59 Å². The summed E-state index contributed by atoms with van der Waals surface area (Å²) >= 11 is 0. The lowest BCUT2D eigenvalue weighted by Gasteiger charge is -2.11. The number of carboxylic acid groups (broad SMARTS) is 1. The van der Waals surface area contributed by atoms with Crippen LogP contribution < -0.4 is 5.32 Å². The van der Waals surface area contributed by atoms with E-state index in [0.29, 0.717) is 5.82 Å². The van der Waals surface area contributed by atoms with Crippen molar-refractivity contribution in [2.24, 2.45) is 0 Å². The van der Waals surface area contributed by atoms with Crippen molar-refractivity contribution in [2.75, 3.05) is 0 Å². The van der Waals surface area contributed by atoms with Crippen LogP contribution in [0.15, 0.2) is 30.6 Å². The molecular formula is C12H12N4O3. The Morgan fingerprint density at radius 2 is 2.11 bits per heavy atom. The summed E-state index contributed by atoms with van der Waals surface area (Å²) in [6.07, 6.45) is 3.24. The molecule has 1 amide bonds. The van der Waals surface area contributed by atoms with Gasteiger partial charge in [-0.3, -0.25) is 4.79 Å². The maximum Gasteiger partial charge on any atom is 0.354 e. The minimum absolute atomic E-state index is 0.0540. The molecule has 0 saturated heterocycles. The second kappa shape index (κ2) is 5.30. The van der Waals surface area contributed by atoms with Gasteiger partial charge in [-0.05, 0) is 19.1 Å². The topological polar surface area (TPSA) is 108 Å². The predicted molar refractivity (Wildman–Crippen MR) is 65.7 cm³/mol. The summed E-state index contributed by atoms with van der Waals surface area (Å²) in [7, 11) is 0. The molecule has 2 heterocycles. The highest BCUT2D eigenvalue weighted by molar-refractivity contribution is 5.94. The van der Waals surface area contributed by atoms with Crippen molar-refractivity contribution in [2.45, 2.75) is 13.0 Å². The fourth-order valence-corrected chi connectivity index (χ4v) is 1.53. The average molecular weight is 260 g/mol. The first-order valence-corrected chi connectivity index (χ1v) is 5.58. The molecule has 0 saturated carbocycles. The third kappa shape index (κ3) is 2.95. The van der Waals surface area contributed by atoms with Gasteiger partial charge in [0.2, 0.25) is 0 Å². The first kappa shape index (κ1) is 12.7. The normalized spacial score (nSPS) is 11.8. The van der Waals surface area contributed by atoms with Crippen molar-refractivity contribution in [1.29, 1.82) is 0 Å². The SMILES string of the molecule is CC(NC(=O)c1cccc(C(=O)O)n1)c1ncc[nH]1. The summed E-state index contributed by atoms with van der Waals surface area (Å²) in [6, 6.07) is 3.94. The van der Waals surface area contributed by atoms with Crippen LogP contribution in [0.4, 0.5) is 0 Å². The molecule has 1 atom stereocenters. The van der Waals surface area contributed by atoms with Crippen molar-refractivity contribution in [3.05, 3.63) is 47.8 Å². The van der Waals surface area contributed by atoms with Crippen molar-refractivity contribution in [3.8, 4) is 0 Å². The molecule has 2 aromatic heterocycles. The maximum atomic E-state index is 11.9. The summed E-state index contributed by atoms with van der Waals surface area (Å²) in [6.45, 7) is 1.76. The minimum Gasteiger partial charge on any atom is -0.477 e. The maximum absolute atomic E-state index is 11.9. The van der Waals surface area contributed by atoms with Gasteiger partial charge < -0.3 is 15.4 Å². The number of hydrogen-bond donors (Lipinski definition) is 3. The number of aromatic carboxylic acids is 1. The monoisotopic (exact) mass is 260 g/mol. The molecule has 3 N–H and O–H groups in total. The fourth-order valence-electron chi connectivity index (χ4n) is 1.53. The number of aromatic nitrogens is 3. The van der Waals surface area contributed by atoms with E-state index in [1.807, 2.05) is 0 Å². The molecule has 2 aromatic rings. The van der Waals surface area contributed by atoms with Gasteiger partial charge in [0.25, 0.3) is 5.91 Å². The van der Waals surface area contributed by atoms with Crippen molar-refractivity contribution < 1.29 is 14.7 Å². The number of pyridine rings is 1. The van der Waals surface area contributed by atoms with Gasteiger partial charge in [-0.2, -0.15) is 0 Å². The third-order valence-corrected chi connectivity index (χ3v) is 2.48. The van der Waals surface area contributed by atoms with E-state index >= 15 is 0 Å². The molecule has 19 heavy (non-hydrogen) atoms. The quantitative estimate of drug-likeness (QED) is 0.759. The zero-order valence-corrected chi connectivity index (χ0v) is 10.1. The highest BCUT2D eigenvalue weighted by Crippen LogP contribution is 2.07. The molecule has 7 nitrogen and oxygen atoms in total. The van der Waals surface area contributed by atoms with E-state index in [4.69, 9.17) is 5.11 Å². The predicted octanol–water partition coefficient (Wildman–Crippen LogP) is 0.994. The number of carboxylic acids is 1. The van der Waals surface area contributed by atoms with E-state index in [1.54, 1.807) is 19.3 Å². The first-order valence-electron chi connectivity index (χ1n) is 5.58. The Balaban J connectivity index is 2.12. The molecule has 0 aliphatic heterocycles. The molecule has 2 rings (SSSR count). The van der Waals surface area contributed by atoms with Gasteiger partial charge in [0.15, 0.2) is 0 Å². The third-order valence-electron chi connectivity index (χ3n) is 2.48. The van der Waals surface area contributed by atoms with Gasteiger partial charge in [-0.15, -0.1) is 0 Å². The molecule has 0 radical (unpaired) electrons. The van der Waals surface area contributed by atoms with Gasteiger partial charge in [-0.25, -0.2) is 14.8 Å². The Hall–Kier alpha value is -2.70. The summed E-state index contributed by atoms with van der Waals surface area (Å²) in [5, 5.41) is 11.5. The van der Waals surface area contributed by atoms with E-state index in [1.165, 1.54) is 18.2 Å². The van der Waals surface area contributed by atoms with Crippen LogP contribution in [0.1, 0.15) is 39.8 Å². The van der Waals surface area contributed by atoms with E-state index < -0.39 is 11.9 Å². The lowest BCUT2D eigenvalue weighted by atomic mass is 10.2. The molecule has 98 valence electrons. The van der Waals surface area contributed by atoms with Crippen LogP contribution in [-0.2, 0) is 0 Å². The minimum atomic E-state index is -1.17. The number of nitrogens with one attached hydrogen (secondary N) is 2. The molecule has 0 bridgehead atoms. The van der Waals surface area contributed by atoms with Crippen molar-refractivity contribution in [1.82, 2.24) is 20.3 Å². The lowest BCUT2D eigenvalue weighted by molar-refractivity contribution is 0.0690. The lowest BCUT2D eigenvalue weighted by Crippen LogP contribution is -2.28. The van der Waals surface area contributed by atoms with E-state index in [2.05, 4.69) is 20.3 Å². The molecule has 0 fully saturated rings. The molecule has 1 unspecified atom stereocenters. The Kier molecular flexibility index (Phi) is 3.56. The van der Waals surface area contributed by atoms with Crippen LogP contribution in [0.25, 0.3) is 0 Å². The van der Waals surface area contributed by atoms with Crippen LogP contribution in [0, 0.1) is 0 Å². The number of aromatic amines is 1. The fraction of sp³-hybridized carbons (Fsp3) is 0.167. The van der Waals surface area contributed by atoms with Crippen molar-refractivity contribution >= 4 is 11.9 Å². The van der Waals surface area contributed by atoms with Gasteiger partial charge in [0.05, 0.1) is 6.04 Å². The zero-order valence-electron chi connectivity index (χ0n) is 10.1. The molecular weight excluding hydrogens is 248 g/mol. The van der Waals surface area contributed by atoms with E-state index in [0.717, 1.165) is 0 Å². The van der Waals surface area contributed by atoms with Crippen molar-refractivity contribution in [3.63, 3.8) is 0 Å². The molecule has 0 aliphatic rings. The molecule has 0 spiro atoms. The Bertz CT molecular complexity index is 595. The summed E-state index contributed by atoms with van der Waals surface area (Å²) in [5.74, 6) is -1.01. The largest absolute Gasteiger partial charge is 0.477 e. The second-order valence-corrected chi connectivity index (χ2v) is 3.88. The van der Waals surface area contributed by atoms with Gasteiger partial charge in [-0.1, -0.05) is 6.07 Å². The zero-order chi connectivity index (χ0) is 13.8. The first-order chi connectivity index (χ1) is 9.08. The number of hydrogen-bond acceptors (Lipinski definition) is 4. The Morgan fingerprint density at radius 1 is 1.37 bits per heavy atom. The van der Waals surface area contributed by atoms with E-state index in [-0.39, 0.29) is 17.4 Å². The molecule has 0 aromatic carbocycles. The summed E-state index contributed by atoms with van der Waals surface area (Å²) < 4.78 is 0. The highest BCUT2D eigenvalue weighted by Gasteiger charge is 2.15. The van der Waals surface area contributed by atoms with Crippen LogP contribution in [0.5, 0.6) is 0 Å². The Labute approximate surface area is 108 Å². The van der Waals surface area contributed by atoms with Crippen LogP contribution >= 0.6 is 0 Å². The second-order valence-electron chi connectivity index (χ2n) is 3.88. The van der Waals surface area contributed by atoms with Crippen LogP contribution in [0.3, 0.4) is 0 Å². The van der Waals surface area contributed by atoms with Crippen LogP contribution in [0.2, 0.25) is 0 Å². The highest BCUT2D eigenvalue weighted by atomic mass is 16.4. The standard InChI is InChI=1S/C12H12N4O3/c1-7(10-13-5-6-14-10)15-11(17)8-3-2-4-9(16-8)12(18)19/h2-7H,1H3,(H,13,14)(H,15,17)(H,18,19). The van der Waals surface area contributed by atoms with Gasteiger partial charge in [0, 0.05) is 12.4 Å². The average Bonchev–Trinajstić information content (AvgIpc) is 2.92. The van der Waals surface area contributed by atoms with Crippen LogP contribution in [-0.4, -0.2) is 31.9 Å². The van der Waals surface area contributed by atoms with Gasteiger partial charge in [0.1, 0.15) is 17.2 Å².